The van der Waals surface area contributed by atoms with Crippen LogP contribution in [0.1, 0.15) is 64.5 Å². The number of halogens is 2. The van der Waals surface area contributed by atoms with E-state index in [-0.39, 0.29) is 27.8 Å². The molecule has 7 nitrogen and oxygen atoms in total. The molecule has 32 heavy (non-hydrogen) atoms. The van der Waals surface area contributed by atoms with Crippen molar-refractivity contribution in [3.8, 4) is 0 Å². The van der Waals surface area contributed by atoms with E-state index < -0.39 is 23.3 Å². The lowest BCUT2D eigenvalue weighted by molar-refractivity contribution is -0.130. The minimum Gasteiger partial charge on any atom is -0.465 e. The highest BCUT2D eigenvalue weighted by atomic mass is 127. The zero-order chi connectivity index (χ0) is 23.8. The second-order valence-corrected chi connectivity index (χ2v) is 10.5. The van der Waals surface area contributed by atoms with Gasteiger partial charge >= 0.3 is 5.97 Å². The number of esters is 1. The van der Waals surface area contributed by atoms with Gasteiger partial charge in [-0.2, -0.15) is 0 Å². The molecule has 0 bridgehead atoms. The van der Waals surface area contributed by atoms with E-state index in [9.17, 15) is 14.4 Å². The summed E-state index contributed by atoms with van der Waals surface area (Å²) in [5.41, 5.74) is 0.206. The Morgan fingerprint density at radius 3 is 2.41 bits per heavy atom. The van der Waals surface area contributed by atoms with Crippen LogP contribution in [0, 0.1) is 9.49 Å². The van der Waals surface area contributed by atoms with Crippen LogP contribution < -0.4 is 0 Å². The van der Waals surface area contributed by atoms with E-state index in [4.69, 9.17) is 4.74 Å². The van der Waals surface area contributed by atoms with Crippen molar-refractivity contribution < 1.29 is 19.1 Å². The smallest absolute Gasteiger partial charge is 0.340 e. The molecular formula is C23H23BrIN3O4. The first kappa shape index (κ1) is 24.5. The zero-order valence-corrected chi connectivity index (χ0v) is 22.1. The van der Waals surface area contributed by atoms with Gasteiger partial charge in [-0.05, 0) is 66.1 Å². The number of aromatic nitrogens is 1. The number of imide groups is 1. The number of aliphatic imine (C=N–C) groups is 1. The Morgan fingerprint density at radius 2 is 1.84 bits per heavy atom. The summed E-state index contributed by atoms with van der Waals surface area (Å²) < 4.78 is 5.66. The number of methoxy groups -OCH3 is 1. The average Bonchev–Trinajstić information content (AvgIpc) is 3.04. The van der Waals surface area contributed by atoms with Crippen LogP contribution in [0.15, 0.2) is 41.5 Å². The van der Waals surface area contributed by atoms with Crippen LogP contribution in [0.2, 0.25) is 0 Å². The molecule has 0 spiro atoms. The van der Waals surface area contributed by atoms with Gasteiger partial charge in [0.05, 0.1) is 18.2 Å². The van der Waals surface area contributed by atoms with Crippen molar-refractivity contribution in [2.75, 3.05) is 7.11 Å². The second-order valence-electron chi connectivity index (χ2n) is 7.94. The Morgan fingerprint density at radius 1 is 1.19 bits per heavy atom. The third-order valence-corrected chi connectivity index (χ3v) is 7.07. The van der Waals surface area contributed by atoms with E-state index in [1.165, 1.54) is 7.11 Å². The molecule has 0 saturated carbocycles. The topological polar surface area (TPSA) is 88.9 Å². The molecule has 0 radical (unpaired) electrons. The lowest BCUT2D eigenvalue weighted by atomic mass is 9.88. The summed E-state index contributed by atoms with van der Waals surface area (Å²) in [6.07, 6.45) is 1.59. The number of amidine groups is 1. The van der Waals surface area contributed by atoms with E-state index >= 15 is 0 Å². The number of nitrogens with zero attached hydrogens (tertiary/aromatic N) is 3. The molecule has 1 aromatic carbocycles. The minimum absolute atomic E-state index is 0.0463. The van der Waals surface area contributed by atoms with Crippen molar-refractivity contribution in [3.05, 3.63) is 62.5 Å². The number of alkyl halides is 1. The van der Waals surface area contributed by atoms with Gasteiger partial charge in [-0.1, -0.05) is 41.9 Å². The van der Waals surface area contributed by atoms with E-state index in [1.807, 2.05) is 26.8 Å². The predicted molar refractivity (Wildman–Crippen MR) is 133 cm³/mol. The third kappa shape index (κ3) is 4.24. The van der Waals surface area contributed by atoms with Gasteiger partial charge in [-0.15, -0.1) is 0 Å². The molecular weight excluding hydrogens is 589 g/mol. The number of rotatable bonds is 5. The largest absolute Gasteiger partial charge is 0.465 e. The standard InChI is InChI=1S/C23H23BrIN3O4/c1-12(2)23(4)22(31)28(20(29)15-8-6-7-9-17(15)25)19(27-23)18-16(21(30)32-5)10-14(11-26-18)13(3)24/h6-13H,1-5H3. The molecule has 0 saturated heterocycles. The van der Waals surface area contributed by atoms with E-state index in [0.717, 1.165) is 10.5 Å². The molecule has 2 heterocycles. The van der Waals surface area contributed by atoms with Crippen LogP contribution >= 0.6 is 38.5 Å². The van der Waals surface area contributed by atoms with Gasteiger partial charge in [0.1, 0.15) is 11.2 Å². The summed E-state index contributed by atoms with van der Waals surface area (Å²) in [4.78, 5) is 49.8. The highest BCUT2D eigenvalue weighted by molar-refractivity contribution is 14.1. The number of pyridine rings is 1. The fourth-order valence-corrected chi connectivity index (χ4v) is 4.13. The number of hydrogen-bond acceptors (Lipinski definition) is 6. The first-order valence-corrected chi connectivity index (χ1v) is 12.0. The first-order chi connectivity index (χ1) is 15.0. The Hall–Kier alpha value is -2.14. The molecule has 2 aromatic rings. The maximum absolute atomic E-state index is 13.6. The van der Waals surface area contributed by atoms with Gasteiger partial charge < -0.3 is 4.74 Å². The highest BCUT2D eigenvalue weighted by Crippen LogP contribution is 2.34. The normalized spacial score (nSPS) is 19.2. The van der Waals surface area contributed by atoms with Crippen LogP contribution in [0.25, 0.3) is 0 Å². The summed E-state index contributed by atoms with van der Waals surface area (Å²) in [6.45, 7) is 7.32. The maximum atomic E-state index is 13.6. The summed E-state index contributed by atoms with van der Waals surface area (Å²) in [6, 6.07) is 8.63. The van der Waals surface area contributed by atoms with Crippen LogP contribution in [0.5, 0.6) is 0 Å². The molecule has 2 atom stereocenters. The lowest BCUT2D eigenvalue weighted by Gasteiger charge is -2.25. The summed E-state index contributed by atoms with van der Waals surface area (Å²) in [5, 5.41) is 0. The fraction of sp³-hybridized carbons (Fsp3) is 0.348. The molecule has 0 aliphatic carbocycles. The van der Waals surface area contributed by atoms with Gasteiger partial charge in [0, 0.05) is 14.6 Å². The third-order valence-electron chi connectivity index (χ3n) is 5.60. The molecule has 9 heteroatoms. The van der Waals surface area contributed by atoms with E-state index in [0.29, 0.717) is 9.13 Å². The number of ether oxygens (including phenoxy) is 1. The molecule has 1 aliphatic rings. The lowest BCUT2D eigenvalue weighted by Crippen LogP contribution is -2.47. The first-order valence-electron chi connectivity index (χ1n) is 9.98. The average molecular weight is 612 g/mol. The Kier molecular flexibility index (Phi) is 7.18. The molecule has 2 unspecified atom stereocenters. The van der Waals surface area contributed by atoms with Crippen molar-refractivity contribution in [1.82, 2.24) is 9.88 Å². The monoisotopic (exact) mass is 611 g/mol. The van der Waals surface area contributed by atoms with Crippen molar-refractivity contribution in [1.29, 1.82) is 0 Å². The van der Waals surface area contributed by atoms with Crippen LogP contribution in [0.4, 0.5) is 0 Å². The van der Waals surface area contributed by atoms with Gasteiger partial charge in [0.25, 0.3) is 11.8 Å². The SMILES string of the molecule is COC(=O)c1cc(C(C)Br)cnc1C1=NC(C)(C(C)C)C(=O)N1C(=O)c1ccccc1I. The summed E-state index contributed by atoms with van der Waals surface area (Å²) in [7, 11) is 1.27. The Balaban J connectivity index is 2.25. The van der Waals surface area contributed by atoms with Crippen LogP contribution in [0.3, 0.4) is 0 Å². The Labute approximate surface area is 208 Å². The predicted octanol–water partition coefficient (Wildman–Crippen LogP) is 4.77. The van der Waals surface area contributed by atoms with Crippen molar-refractivity contribution >= 4 is 62.1 Å². The number of benzene rings is 1. The minimum atomic E-state index is -1.18. The van der Waals surface area contributed by atoms with Gasteiger partial charge in [0.2, 0.25) is 0 Å². The molecule has 0 fully saturated rings. The molecule has 168 valence electrons. The van der Waals surface area contributed by atoms with Gasteiger partial charge in [0.15, 0.2) is 5.84 Å². The molecule has 1 aromatic heterocycles. The summed E-state index contributed by atoms with van der Waals surface area (Å²) in [5.74, 6) is -1.75. The molecule has 0 N–H and O–H groups in total. The Bertz CT molecular complexity index is 1130. The van der Waals surface area contributed by atoms with Crippen molar-refractivity contribution in [2.45, 2.75) is 38.1 Å². The maximum Gasteiger partial charge on any atom is 0.340 e. The zero-order valence-electron chi connectivity index (χ0n) is 18.3. The number of amides is 2. The number of hydrogen-bond donors (Lipinski definition) is 0. The van der Waals surface area contributed by atoms with E-state index in [2.05, 4.69) is 48.5 Å². The molecule has 3 rings (SSSR count). The van der Waals surface area contributed by atoms with Crippen molar-refractivity contribution in [2.24, 2.45) is 10.9 Å². The highest BCUT2D eigenvalue weighted by Gasteiger charge is 2.51. The molecule has 1 aliphatic heterocycles. The molecule has 2 amide bonds. The van der Waals surface area contributed by atoms with E-state index in [1.54, 1.807) is 37.4 Å². The fourth-order valence-electron chi connectivity index (χ4n) is 3.26. The number of carbonyl (C=O) groups is 3. The van der Waals surface area contributed by atoms with Gasteiger partial charge in [-0.3, -0.25) is 14.6 Å². The number of carbonyl (C=O) groups excluding carboxylic acids is 3. The summed E-state index contributed by atoms with van der Waals surface area (Å²) >= 11 is 5.53. The van der Waals surface area contributed by atoms with Gasteiger partial charge in [-0.25, -0.2) is 14.7 Å². The van der Waals surface area contributed by atoms with Crippen LogP contribution in [-0.4, -0.2) is 46.2 Å². The quantitative estimate of drug-likeness (QED) is 0.210. The second kappa shape index (κ2) is 9.38. The van der Waals surface area contributed by atoms with Crippen molar-refractivity contribution in [3.63, 3.8) is 0 Å². The van der Waals surface area contributed by atoms with Crippen LogP contribution in [-0.2, 0) is 9.53 Å².